The molecule has 5 rings (SSSR count). The number of benzene rings is 3. The van der Waals surface area contributed by atoms with Crippen molar-refractivity contribution in [2.24, 2.45) is 0 Å². The summed E-state index contributed by atoms with van der Waals surface area (Å²) in [5.74, 6) is -1.36. The molecular formula is C24H14ClFN2O5. The quantitative estimate of drug-likeness (QED) is 0.292. The van der Waals surface area contributed by atoms with E-state index in [0.717, 1.165) is 17.7 Å². The van der Waals surface area contributed by atoms with Gasteiger partial charge in [0.15, 0.2) is 5.43 Å². The molecule has 7 nitrogen and oxygen atoms in total. The molecule has 164 valence electrons. The summed E-state index contributed by atoms with van der Waals surface area (Å²) in [6, 6.07) is 13.1. The third kappa shape index (κ3) is 3.27. The second-order valence-corrected chi connectivity index (χ2v) is 8.08. The van der Waals surface area contributed by atoms with Gasteiger partial charge in [0.2, 0.25) is 5.76 Å². The van der Waals surface area contributed by atoms with E-state index in [1.807, 2.05) is 6.92 Å². The average Bonchev–Trinajstić information content (AvgIpc) is 3.09. The Morgan fingerprint density at radius 2 is 1.79 bits per heavy atom. The lowest BCUT2D eigenvalue weighted by Crippen LogP contribution is -2.29. The van der Waals surface area contributed by atoms with Crippen molar-refractivity contribution >= 4 is 39.9 Å². The lowest BCUT2D eigenvalue weighted by molar-refractivity contribution is -0.384. The van der Waals surface area contributed by atoms with Crippen LogP contribution in [0.3, 0.4) is 0 Å². The van der Waals surface area contributed by atoms with Crippen LogP contribution >= 0.6 is 11.6 Å². The summed E-state index contributed by atoms with van der Waals surface area (Å²) in [6.07, 6.45) is 0. The second kappa shape index (κ2) is 7.53. The molecule has 1 aliphatic heterocycles. The Labute approximate surface area is 190 Å². The molecule has 3 aromatic carbocycles. The monoisotopic (exact) mass is 464 g/mol. The molecule has 1 unspecified atom stereocenters. The van der Waals surface area contributed by atoms with E-state index in [9.17, 15) is 24.1 Å². The molecule has 1 aliphatic rings. The zero-order valence-corrected chi connectivity index (χ0v) is 17.8. The largest absolute Gasteiger partial charge is 0.450 e. The third-order valence-corrected chi connectivity index (χ3v) is 6.09. The Balaban J connectivity index is 1.79. The number of amides is 1. The van der Waals surface area contributed by atoms with Crippen molar-refractivity contribution in [3.8, 4) is 0 Å². The van der Waals surface area contributed by atoms with Crippen LogP contribution in [-0.4, -0.2) is 10.8 Å². The zero-order chi connectivity index (χ0) is 23.4. The summed E-state index contributed by atoms with van der Waals surface area (Å²) < 4.78 is 19.6. The van der Waals surface area contributed by atoms with Gasteiger partial charge in [0.05, 0.1) is 21.9 Å². The van der Waals surface area contributed by atoms with Crippen LogP contribution < -0.4 is 10.3 Å². The van der Waals surface area contributed by atoms with Crippen LogP contribution in [0, 0.1) is 22.9 Å². The standard InChI is InChI=1S/C24H14ClFN2O5/c1-12-2-6-16(11-18(12)25)27-21(13-3-7-15(8-4-13)28(31)32)20-22(29)17-10-14(26)5-9-19(17)33-23(20)24(27)30/h2-11,21H,1H3. The Morgan fingerprint density at radius 3 is 2.45 bits per heavy atom. The van der Waals surface area contributed by atoms with Crippen LogP contribution in [0.1, 0.15) is 33.3 Å². The van der Waals surface area contributed by atoms with Crippen LogP contribution in [0.5, 0.6) is 0 Å². The molecule has 2 heterocycles. The number of carbonyl (C=O) groups excluding carboxylic acids is 1. The van der Waals surface area contributed by atoms with Gasteiger partial charge in [-0.3, -0.25) is 24.6 Å². The molecule has 0 spiro atoms. The van der Waals surface area contributed by atoms with E-state index in [4.69, 9.17) is 16.0 Å². The lowest BCUT2D eigenvalue weighted by Gasteiger charge is -2.25. The van der Waals surface area contributed by atoms with Crippen molar-refractivity contribution in [1.82, 2.24) is 0 Å². The summed E-state index contributed by atoms with van der Waals surface area (Å²) in [6.45, 7) is 1.81. The van der Waals surface area contributed by atoms with E-state index in [1.54, 1.807) is 18.2 Å². The molecule has 0 aliphatic carbocycles. The number of carbonyl (C=O) groups is 1. The van der Waals surface area contributed by atoms with Gasteiger partial charge in [-0.2, -0.15) is 0 Å². The highest BCUT2D eigenvalue weighted by Gasteiger charge is 2.43. The Morgan fingerprint density at radius 1 is 1.06 bits per heavy atom. The molecular weight excluding hydrogens is 451 g/mol. The fourth-order valence-electron chi connectivity index (χ4n) is 4.04. The van der Waals surface area contributed by atoms with E-state index in [-0.39, 0.29) is 28.0 Å². The van der Waals surface area contributed by atoms with Crippen molar-refractivity contribution in [3.63, 3.8) is 0 Å². The molecule has 0 saturated heterocycles. The molecule has 0 N–H and O–H groups in total. The highest BCUT2D eigenvalue weighted by molar-refractivity contribution is 6.31. The first-order valence-electron chi connectivity index (χ1n) is 9.86. The topological polar surface area (TPSA) is 93.7 Å². The highest BCUT2D eigenvalue weighted by atomic mass is 35.5. The van der Waals surface area contributed by atoms with Gasteiger partial charge in [0.1, 0.15) is 11.4 Å². The van der Waals surface area contributed by atoms with Gasteiger partial charge in [0, 0.05) is 22.8 Å². The van der Waals surface area contributed by atoms with Crippen molar-refractivity contribution in [2.45, 2.75) is 13.0 Å². The average molecular weight is 465 g/mol. The fourth-order valence-corrected chi connectivity index (χ4v) is 4.21. The van der Waals surface area contributed by atoms with Crippen LogP contribution in [0.4, 0.5) is 15.8 Å². The number of hydrogen-bond donors (Lipinski definition) is 0. The van der Waals surface area contributed by atoms with Gasteiger partial charge in [-0.25, -0.2) is 4.39 Å². The normalized spacial score (nSPS) is 15.2. The summed E-state index contributed by atoms with van der Waals surface area (Å²) in [4.78, 5) is 38.8. The first-order valence-corrected chi connectivity index (χ1v) is 10.2. The number of non-ortho nitro benzene ring substituents is 1. The van der Waals surface area contributed by atoms with Gasteiger partial charge in [-0.15, -0.1) is 0 Å². The molecule has 4 aromatic rings. The number of halogens is 2. The number of nitrogens with zero attached hydrogens (tertiary/aromatic N) is 2. The number of nitro groups is 1. The van der Waals surface area contributed by atoms with Gasteiger partial charge in [-0.05, 0) is 60.5 Å². The maximum absolute atomic E-state index is 13.9. The van der Waals surface area contributed by atoms with E-state index in [2.05, 4.69) is 0 Å². The molecule has 9 heteroatoms. The molecule has 0 bridgehead atoms. The fraction of sp³-hybridized carbons (Fsp3) is 0.0833. The molecule has 33 heavy (non-hydrogen) atoms. The Kier molecular flexibility index (Phi) is 4.75. The van der Waals surface area contributed by atoms with Gasteiger partial charge >= 0.3 is 0 Å². The van der Waals surface area contributed by atoms with Crippen molar-refractivity contribution < 1.29 is 18.5 Å². The summed E-state index contributed by atoms with van der Waals surface area (Å²) in [7, 11) is 0. The maximum Gasteiger partial charge on any atom is 0.295 e. The minimum absolute atomic E-state index is 0.00255. The molecule has 0 radical (unpaired) electrons. The Bertz CT molecular complexity index is 1530. The number of nitro benzene ring substituents is 1. The van der Waals surface area contributed by atoms with Gasteiger partial charge in [0.25, 0.3) is 11.6 Å². The minimum atomic E-state index is -0.948. The molecule has 0 saturated carbocycles. The van der Waals surface area contributed by atoms with Crippen LogP contribution in [0.15, 0.2) is 69.9 Å². The third-order valence-electron chi connectivity index (χ3n) is 5.69. The molecule has 1 atom stereocenters. The van der Waals surface area contributed by atoms with E-state index >= 15 is 0 Å². The zero-order valence-electron chi connectivity index (χ0n) is 17.0. The van der Waals surface area contributed by atoms with Crippen LogP contribution in [-0.2, 0) is 0 Å². The number of rotatable bonds is 3. The molecule has 1 amide bonds. The minimum Gasteiger partial charge on any atom is -0.450 e. The van der Waals surface area contributed by atoms with Crippen molar-refractivity contribution in [1.29, 1.82) is 0 Å². The first kappa shape index (κ1) is 20.8. The summed E-state index contributed by atoms with van der Waals surface area (Å²) >= 11 is 6.29. The first-order chi connectivity index (χ1) is 15.8. The number of hydrogen-bond acceptors (Lipinski definition) is 5. The highest BCUT2D eigenvalue weighted by Crippen LogP contribution is 2.42. The predicted octanol–water partition coefficient (Wildman–Crippen LogP) is 5.55. The Hall–Kier alpha value is -4.04. The molecule has 0 fully saturated rings. The maximum atomic E-state index is 13.9. The van der Waals surface area contributed by atoms with E-state index in [0.29, 0.717) is 16.3 Å². The predicted molar refractivity (Wildman–Crippen MR) is 120 cm³/mol. The van der Waals surface area contributed by atoms with Gasteiger partial charge < -0.3 is 4.42 Å². The number of aryl methyl sites for hydroxylation is 1. The van der Waals surface area contributed by atoms with E-state index < -0.39 is 28.1 Å². The molecule has 1 aromatic heterocycles. The number of fused-ring (bicyclic) bond motifs is 2. The van der Waals surface area contributed by atoms with Crippen molar-refractivity contribution in [2.75, 3.05) is 4.90 Å². The second-order valence-electron chi connectivity index (χ2n) is 7.67. The van der Waals surface area contributed by atoms with E-state index in [1.165, 1.54) is 35.2 Å². The van der Waals surface area contributed by atoms with Crippen LogP contribution in [0.25, 0.3) is 11.0 Å². The number of anilines is 1. The van der Waals surface area contributed by atoms with Gasteiger partial charge in [-0.1, -0.05) is 17.7 Å². The van der Waals surface area contributed by atoms with Crippen LogP contribution in [0.2, 0.25) is 5.02 Å². The SMILES string of the molecule is Cc1ccc(N2C(=O)c3oc4ccc(F)cc4c(=O)c3C2c2ccc([N+](=O)[O-])cc2)cc1Cl. The van der Waals surface area contributed by atoms with Crippen molar-refractivity contribution in [3.05, 3.63) is 114 Å². The summed E-state index contributed by atoms with van der Waals surface area (Å²) in [5, 5.41) is 11.5. The smallest absolute Gasteiger partial charge is 0.295 e. The lowest BCUT2D eigenvalue weighted by atomic mass is 9.98. The summed E-state index contributed by atoms with van der Waals surface area (Å²) in [5.41, 5.74) is 1.09.